The SMILES string of the molecule is Cc1nn(CC(C)C)c(C)c1CC(=O)N(c1ccc(S(C)(=O)=O)cc1)C(C)C. The fraction of sp³-hybridized carbons (Fsp3) is 0.524. The van der Waals surface area contributed by atoms with E-state index in [0.29, 0.717) is 11.6 Å². The van der Waals surface area contributed by atoms with Gasteiger partial charge < -0.3 is 4.90 Å². The highest BCUT2D eigenvalue weighted by molar-refractivity contribution is 7.90. The molecule has 1 aromatic carbocycles. The fourth-order valence-corrected chi connectivity index (χ4v) is 3.96. The minimum Gasteiger partial charge on any atom is -0.310 e. The van der Waals surface area contributed by atoms with E-state index in [1.807, 2.05) is 32.4 Å². The van der Waals surface area contributed by atoms with E-state index < -0.39 is 9.84 Å². The van der Waals surface area contributed by atoms with Crippen molar-refractivity contribution in [3.8, 4) is 0 Å². The lowest BCUT2D eigenvalue weighted by atomic mass is 10.1. The van der Waals surface area contributed by atoms with Gasteiger partial charge in [0.25, 0.3) is 0 Å². The van der Waals surface area contributed by atoms with Gasteiger partial charge in [-0.1, -0.05) is 13.8 Å². The fourth-order valence-electron chi connectivity index (χ4n) is 3.33. The molecule has 2 rings (SSSR count). The highest BCUT2D eigenvalue weighted by Crippen LogP contribution is 2.23. The number of carbonyl (C=O) groups excluding carboxylic acids is 1. The molecule has 0 aliphatic rings. The molecule has 0 saturated carbocycles. The maximum absolute atomic E-state index is 13.1. The molecule has 154 valence electrons. The van der Waals surface area contributed by atoms with Crippen molar-refractivity contribution < 1.29 is 13.2 Å². The maximum atomic E-state index is 13.1. The van der Waals surface area contributed by atoms with Gasteiger partial charge in [0.2, 0.25) is 5.91 Å². The van der Waals surface area contributed by atoms with E-state index in [9.17, 15) is 13.2 Å². The van der Waals surface area contributed by atoms with Gasteiger partial charge in [-0.25, -0.2) is 8.42 Å². The summed E-state index contributed by atoms with van der Waals surface area (Å²) in [4.78, 5) is 15.1. The molecule has 1 amide bonds. The Balaban J connectivity index is 2.31. The lowest BCUT2D eigenvalue weighted by Crippen LogP contribution is -2.38. The number of rotatable bonds is 7. The molecule has 2 aromatic rings. The van der Waals surface area contributed by atoms with Crippen molar-refractivity contribution in [3.63, 3.8) is 0 Å². The summed E-state index contributed by atoms with van der Waals surface area (Å²) in [5, 5.41) is 4.60. The van der Waals surface area contributed by atoms with Crippen molar-refractivity contribution in [1.29, 1.82) is 0 Å². The smallest absolute Gasteiger partial charge is 0.231 e. The van der Waals surface area contributed by atoms with Crippen LogP contribution in [0.5, 0.6) is 0 Å². The molecular weight excluding hydrogens is 374 g/mol. The number of carbonyl (C=O) groups is 1. The number of sulfone groups is 1. The molecule has 1 aromatic heterocycles. The summed E-state index contributed by atoms with van der Waals surface area (Å²) in [6, 6.07) is 6.42. The highest BCUT2D eigenvalue weighted by Gasteiger charge is 2.23. The monoisotopic (exact) mass is 405 g/mol. The van der Waals surface area contributed by atoms with Crippen molar-refractivity contribution in [2.75, 3.05) is 11.2 Å². The van der Waals surface area contributed by atoms with E-state index in [1.54, 1.807) is 29.2 Å². The number of amides is 1. The second-order valence-electron chi connectivity index (χ2n) is 8.03. The molecule has 6 nitrogen and oxygen atoms in total. The standard InChI is InChI=1S/C21H31N3O3S/c1-14(2)13-23-17(6)20(16(5)22-23)12-21(25)24(15(3)4)18-8-10-19(11-9-18)28(7,26)27/h8-11,14-15H,12-13H2,1-7H3. The summed E-state index contributed by atoms with van der Waals surface area (Å²) < 4.78 is 25.3. The van der Waals surface area contributed by atoms with Gasteiger partial charge in [0.05, 0.1) is 17.0 Å². The Bertz CT molecular complexity index is 942. The number of anilines is 1. The number of aryl methyl sites for hydroxylation is 1. The third-order valence-corrected chi connectivity index (χ3v) is 5.85. The van der Waals surface area contributed by atoms with E-state index in [2.05, 4.69) is 18.9 Å². The van der Waals surface area contributed by atoms with Gasteiger partial charge in [-0.2, -0.15) is 5.10 Å². The molecule has 0 aliphatic heterocycles. The second kappa shape index (κ2) is 8.47. The summed E-state index contributed by atoms with van der Waals surface area (Å²) in [7, 11) is -3.27. The van der Waals surface area contributed by atoms with Crippen LogP contribution in [-0.4, -0.2) is 36.4 Å². The van der Waals surface area contributed by atoms with Crippen LogP contribution in [-0.2, 0) is 27.6 Å². The number of hydrogen-bond acceptors (Lipinski definition) is 4. The first-order valence-electron chi connectivity index (χ1n) is 9.56. The number of hydrogen-bond donors (Lipinski definition) is 0. The van der Waals surface area contributed by atoms with Crippen LogP contribution in [0.3, 0.4) is 0 Å². The largest absolute Gasteiger partial charge is 0.310 e. The molecule has 0 fully saturated rings. The minimum absolute atomic E-state index is 0.0302. The zero-order chi connectivity index (χ0) is 21.2. The average Bonchev–Trinajstić information content (AvgIpc) is 2.81. The second-order valence-corrected chi connectivity index (χ2v) is 10.0. The predicted octanol–water partition coefficient (Wildman–Crippen LogP) is 3.54. The van der Waals surface area contributed by atoms with E-state index in [-0.39, 0.29) is 23.3 Å². The van der Waals surface area contributed by atoms with Crippen LogP contribution in [0.4, 0.5) is 5.69 Å². The number of aromatic nitrogens is 2. The van der Waals surface area contributed by atoms with Crippen molar-refractivity contribution in [1.82, 2.24) is 9.78 Å². The van der Waals surface area contributed by atoms with Crippen molar-refractivity contribution in [3.05, 3.63) is 41.2 Å². The van der Waals surface area contributed by atoms with E-state index >= 15 is 0 Å². The van der Waals surface area contributed by atoms with E-state index in [4.69, 9.17) is 0 Å². The molecule has 0 unspecified atom stereocenters. The topological polar surface area (TPSA) is 72.3 Å². The van der Waals surface area contributed by atoms with Crippen LogP contribution in [0.25, 0.3) is 0 Å². The van der Waals surface area contributed by atoms with Gasteiger partial charge in [-0.3, -0.25) is 9.48 Å². The van der Waals surface area contributed by atoms with Crippen molar-refractivity contribution in [2.45, 2.75) is 65.4 Å². The Kier molecular flexibility index (Phi) is 6.70. The van der Waals surface area contributed by atoms with Crippen molar-refractivity contribution in [2.24, 2.45) is 5.92 Å². The summed E-state index contributed by atoms with van der Waals surface area (Å²) >= 11 is 0. The number of nitrogens with zero attached hydrogens (tertiary/aromatic N) is 3. The molecular formula is C21H31N3O3S. The first kappa shape index (κ1) is 22.1. The summed E-state index contributed by atoms with van der Waals surface area (Å²) in [6.45, 7) is 12.9. The van der Waals surface area contributed by atoms with Crippen LogP contribution in [0.15, 0.2) is 29.2 Å². The lowest BCUT2D eigenvalue weighted by Gasteiger charge is -2.27. The van der Waals surface area contributed by atoms with Gasteiger partial charge >= 0.3 is 0 Å². The summed E-state index contributed by atoms with van der Waals surface area (Å²) in [5.41, 5.74) is 3.56. The first-order chi connectivity index (χ1) is 12.9. The zero-order valence-corrected chi connectivity index (χ0v) is 18.7. The van der Waals surface area contributed by atoms with E-state index in [0.717, 1.165) is 23.5 Å². The molecule has 7 heteroatoms. The molecule has 0 radical (unpaired) electrons. The first-order valence-corrected chi connectivity index (χ1v) is 11.5. The van der Waals surface area contributed by atoms with Gasteiger partial charge in [0, 0.05) is 35.8 Å². The highest BCUT2D eigenvalue weighted by atomic mass is 32.2. The molecule has 0 atom stereocenters. The minimum atomic E-state index is -3.27. The Hall–Kier alpha value is -2.15. The Morgan fingerprint density at radius 3 is 2.14 bits per heavy atom. The molecule has 0 bridgehead atoms. The van der Waals surface area contributed by atoms with Crippen LogP contribution < -0.4 is 4.90 Å². The molecule has 1 heterocycles. The number of benzene rings is 1. The van der Waals surface area contributed by atoms with Crippen LogP contribution in [0, 0.1) is 19.8 Å². The van der Waals surface area contributed by atoms with Gasteiger partial charge in [0.1, 0.15) is 0 Å². The Labute approximate surface area is 168 Å². The predicted molar refractivity (Wildman–Crippen MR) is 112 cm³/mol. The quantitative estimate of drug-likeness (QED) is 0.706. The average molecular weight is 406 g/mol. The van der Waals surface area contributed by atoms with Gasteiger partial charge in [-0.05, 0) is 57.9 Å². The summed E-state index contributed by atoms with van der Waals surface area (Å²) in [6.07, 6.45) is 1.44. The van der Waals surface area contributed by atoms with Crippen LogP contribution in [0.2, 0.25) is 0 Å². The van der Waals surface area contributed by atoms with E-state index in [1.165, 1.54) is 6.26 Å². The lowest BCUT2D eigenvalue weighted by molar-refractivity contribution is -0.118. The summed E-state index contributed by atoms with van der Waals surface area (Å²) in [5.74, 6) is 0.444. The third-order valence-electron chi connectivity index (χ3n) is 4.73. The van der Waals surface area contributed by atoms with Crippen LogP contribution >= 0.6 is 0 Å². The van der Waals surface area contributed by atoms with Crippen molar-refractivity contribution >= 4 is 21.4 Å². The maximum Gasteiger partial charge on any atom is 0.231 e. The van der Waals surface area contributed by atoms with Gasteiger partial charge in [-0.15, -0.1) is 0 Å². The Morgan fingerprint density at radius 2 is 1.68 bits per heavy atom. The molecule has 0 saturated heterocycles. The molecule has 0 spiro atoms. The Morgan fingerprint density at radius 1 is 1.11 bits per heavy atom. The molecule has 0 aliphatic carbocycles. The normalized spacial score (nSPS) is 12.0. The zero-order valence-electron chi connectivity index (χ0n) is 17.9. The third kappa shape index (κ3) is 5.01. The van der Waals surface area contributed by atoms with Crippen LogP contribution in [0.1, 0.15) is 44.6 Å². The van der Waals surface area contributed by atoms with Gasteiger partial charge in [0.15, 0.2) is 9.84 Å². The molecule has 0 N–H and O–H groups in total. The molecule has 28 heavy (non-hydrogen) atoms.